The van der Waals surface area contributed by atoms with E-state index in [0.717, 1.165) is 0 Å². The van der Waals surface area contributed by atoms with Crippen molar-refractivity contribution in [2.45, 2.75) is 257 Å². The molecule has 43 heteroatoms. The maximum absolute atomic E-state index is 13.6. The van der Waals surface area contributed by atoms with Crippen LogP contribution in [0.1, 0.15) is 5.56 Å². The van der Waals surface area contributed by atoms with Crippen molar-refractivity contribution >= 4 is 10.1 Å². The zero-order chi connectivity index (χ0) is 71.3. The van der Waals surface area contributed by atoms with E-state index in [0.29, 0.717) is 5.56 Å². The summed E-state index contributed by atoms with van der Waals surface area (Å²) < 4.78 is 125. The third kappa shape index (κ3) is 15.8. The molecule has 0 aromatic heterocycles. The van der Waals surface area contributed by atoms with Crippen molar-refractivity contribution in [2.75, 3.05) is 52.9 Å². The van der Waals surface area contributed by atoms with Gasteiger partial charge in [-0.15, -0.1) is 0 Å². The first-order valence-corrected chi connectivity index (χ1v) is 32.5. The fourth-order valence-corrected chi connectivity index (χ4v) is 13.7. The Balaban J connectivity index is 0.936. The van der Waals surface area contributed by atoms with E-state index in [1.54, 1.807) is 6.92 Å². The molecule has 6 unspecified atom stereocenters. The third-order valence-electron chi connectivity index (χ3n) is 18.4. The second kappa shape index (κ2) is 32.9. The molecular weight excluding hydrogens is 1360 g/mol. The molecule has 30 saturated heterocycles. The van der Waals surface area contributed by atoms with Gasteiger partial charge in [-0.2, -0.15) is 8.42 Å². The number of aliphatic hydroxyl groups is 23. The van der Waals surface area contributed by atoms with Crippen LogP contribution in [0.4, 0.5) is 0 Å². The lowest BCUT2D eigenvalue weighted by atomic mass is 9.94. The van der Waals surface area contributed by atoms with Crippen LogP contribution in [0.3, 0.4) is 0 Å². The summed E-state index contributed by atoms with van der Waals surface area (Å²) >= 11 is 0. The highest BCUT2D eigenvalue weighted by Crippen LogP contribution is 2.40. The Morgan fingerprint density at radius 3 is 0.602 bits per heavy atom. The van der Waals surface area contributed by atoms with Gasteiger partial charge in [-0.25, -0.2) is 0 Å². The van der Waals surface area contributed by atoms with Crippen LogP contribution in [0.5, 0.6) is 0 Å². The molecule has 0 aliphatic carbocycles. The van der Waals surface area contributed by atoms with Crippen molar-refractivity contribution in [1.82, 2.24) is 0 Å². The van der Waals surface area contributed by atoms with Gasteiger partial charge >= 0.3 is 0 Å². The molecule has 1 aromatic rings. The van der Waals surface area contributed by atoms with E-state index < -0.39 is 314 Å². The fourth-order valence-electron chi connectivity index (χ4n) is 12.8. The molecule has 16 bridgehead atoms. The van der Waals surface area contributed by atoms with Gasteiger partial charge in [-0.1, -0.05) is 17.7 Å². The van der Waals surface area contributed by atoms with Crippen molar-refractivity contribution in [3.63, 3.8) is 0 Å². The first kappa shape index (κ1) is 78.2. The minimum absolute atomic E-state index is 0.399. The lowest BCUT2D eigenvalue weighted by Gasteiger charge is -2.50. The maximum atomic E-state index is 13.6. The Morgan fingerprint density at radius 1 is 0.265 bits per heavy atom. The smallest absolute Gasteiger partial charge is 0.297 e. The molecule has 31 rings (SSSR count). The van der Waals surface area contributed by atoms with Gasteiger partial charge in [0.25, 0.3) is 10.1 Å². The van der Waals surface area contributed by atoms with E-state index in [-0.39, 0.29) is 0 Å². The van der Waals surface area contributed by atoms with Crippen molar-refractivity contribution in [1.29, 1.82) is 0 Å². The Labute approximate surface area is 554 Å². The van der Waals surface area contributed by atoms with Gasteiger partial charge in [0, 0.05) is 0 Å². The van der Waals surface area contributed by atoms with Crippen LogP contribution < -0.4 is 0 Å². The van der Waals surface area contributed by atoms with E-state index in [2.05, 4.69) is 0 Å². The topological polar surface area (TPSA) is 656 Å². The van der Waals surface area contributed by atoms with Crippen LogP contribution in [-0.4, -0.2) is 424 Å². The highest BCUT2D eigenvalue weighted by atomic mass is 32.2. The van der Waals surface area contributed by atoms with Crippen molar-refractivity contribution in [3.05, 3.63) is 29.8 Å². The molecule has 564 valence electrons. The first-order valence-electron chi connectivity index (χ1n) is 31.1. The molecule has 0 spiro atoms. The van der Waals surface area contributed by atoms with Crippen LogP contribution in [0, 0.1) is 6.92 Å². The average Bonchev–Trinajstić information content (AvgIpc) is 0.777. The second-order valence-corrected chi connectivity index (χ2v) is 26.4. The molecule has 40 atom stereocenters. The summed E-state index contributed by atoms with van der Waals surface area (Å²) in [6.45, 7) is -7.35. The van der Waals surface area contributed by atoms with E-state index >= 15 is 0 Å². The molecule has 23 N–H and O–H groups in total. The summed E-state index contributed by atoms with van der Waals surface area (Å²) in [4.78, 5) is -0.399. The Hall–Kier alpha value is -2.43. The van der Waals surface area contributed by atoms with E-state index in [1.807, 2.05) is 0 Å². The Bertz CT molecular complexity index is 2750. The molecule has 42 nitrogen and oxygen atoms in total. The molecule has 0 radical (unpaired) electrons. The number of aliphatic hydroxyl groups excluding tert-OH is 23. The lowest BCUT2D eigenvalue weighted by molar-refractivity contribution is -0.404. The van der Waals surface area contributed by atoms with Crippen molar-refractivity contribution in [2.24, 2.45) is 0 Å². The third-order valence-corrected chi connectivity index (χ3v) is 19.7. The molecule has 30 aliphatic rings. The average molecular weight is 1450 g/mol. The Morgan fingerprint density at radius 2 is 0.429 bits per heavy atom. The van der Waals surface area contributed by atoms with Crippen LogP contribution in [0.2, 0.25) is 0 Å². The SMILES string of the molecule is Cc1ccc(S(=O)(=O)OC[C@H]2O[C@H]3O[C@H]4C(O)[C@@H](O)[C@H](O[C@@H]4CO)O[C@H]4C(O)[C@@H](O)[C@H](O[C@@H]4CO)O[C@H]4C(O)[C@@H](O)[C@@H](O[C@H]5[C@H](O)C(O)[C@@H](O[C@H]6[C@H](O)C(O)[C@@H](O[C@H]7[C@H](O)[C@@H](O)[C@@H](O[C@H]8[C@H](O)C(O)[C@@H](O[C@H]2[C@H](O)[C@H]3O)O[C@@H]8CO)O[C@@H]7CO)O[C@@H]6CO)O[C@@H]5CO)O[C@@H]4CO)cc1. The number of hydrogen-bond donors (Lipinski definition) is 23. The quantitative estimate of drug-likeness (QED) is 0.0915. The molecule has 0 saturated carbocycles. The minimum atomic E-state index is -4.76. The zero-order valence-corrected chi connectivity index (χ0v) is 52.3. The monoisotopic (exact) mass is 1450 g/mol. The predicted molar refractivity (Wildman–Crippen MR) is 298 cm³/mol. The van der Waals surface area contributed by atoms with Gasteiger partial charge in [0.2, 0.25) is 0 Å². The second-order valence-electron chi connectivity index (χ2n) is 24.8. The Kier molecular flexibility index (Phi) is 26.3. The summed E-state index contributed by atoms with van der Waals surface area (Å²) in [5.41, 5.74) is 0.638. The van der Waals surface area contributed by atoms with E-state index in [4.69, 9.17) is 80.0 Å². The first-order chi connectivity index (χ1) is 46.5. The van der Waals surface area contributed by atoms with Gasteiger partial charge in [0.05, 0.1) is 57.8 Å². The van der Waals surface area contributed by atoms with Crippen LogP contribution in [0.25, 0.3) is 0 Å². The highest BCUT2D eigenvalue weighted by Gasteiger charge is 2.60. The van der Waals surface area contributed by atoms with Gasteiger partial charge in [0.1, 0.15) is 195 Å². The van der Waals surface area contributed by atoms with Crippen molar-refractivity contribution < 1.29 is 206 Å². The van der Waals surface area contributed by atoms with Crippen LogP contribution >= 0.6 is 0 Å². The standard InChI is InChI=1S/C55H86O42S/c1-14-2-4-15(5-3-14)98(79,80)81-13-23-47-31(70)39(78)55(89-23)96-46-22(12-62)87-53(37(76)29(46)68)94-44-20(10-60)85-51(35(74)27(44)66)92-42-18(8-58)83-49(33(72)25(42)64)90-40-16(6-56)82-48(32(71)24(40)63)91-41-17(7-57)84-50(34(73)26(41)65)93-43-19(9-59)86-52(36(75)28(43)67)95-45-21(11-61)88-54(97-47)38(77)30(45)69/h2-5,16-78H,6-13H2,1H3/t16-,17-,18-,19-,20-,21-,22-,23-,24-,25?,26-,27?,28-,29?,30-,31-,32?,33-,34?,35-,36-,37-,38?,39-,40-,41-,42-,43-,44-,45-,46-,47-,48-,49-,50-,51-,52-,53-,54-,55+/m1/s1. The summed E-state index contributed by atoms with van der Waals surface area (Å²) in [6.07, 6.45) is -84.8. The lowest BCUT2D eigenvalue weighted by Crippen LogP contribution is -2.69. The maximum Gasteiger partial charge on any atom is 0.297 e. The van der Waals surface area contributed by atoms with Crippen molar-refractivity contribution in [3.8, 4) is 0 Å². The number of benzene rings is 1. The molecular formula is C55H86O42S. The van der Waals surface area contributed by atoms with Gasteiger partial charge in [-0.05, 0) is 19.1 Å². The van der Waals surface area contributed by atoms with Crippen LogP contribution in [-0.2, 0) is 90.1 Å². The zero-order valence-electron chi connectivity index (χ0n) is 51.5. The number of ether oxygens (including phenoxy) is 16. The van der Waals surface area contributed by atoms with E-state index in [9.17, 15) is 126 Å². The minimum Gasteiger partial charge on any atom is -0.394 e. The molecule has 30 fully saturated rings. The summed E-state index contributed by atoms with van der Waals surface area (Å²) in [6, 6.07) is 5.20. The summed E-state index contributed by atoms with van der Waals surface area (Å²) in [5, 5.41) is 258. The molecule has 30 aliphatic heterocycles. The van der Waals surface area contributed by atoms with Crippen LogP contribution in [0.15, 0.2) is 29.2 Å². The van der Waals surface area contributed by atoms with Gasteiger partial charge in [-0.3, -0.25) is 4.18 Å². The normalized spacial score (nSPS) is 51.1. The summed E-state index contributed by atoms with van der Waals surface area (Å²) in [5.74, 6) is 0. The molecule has 1 aromatic carbocycles. The molecule has 30 heterocycles. The number of hydrogen-bond acceptors (Lipinski definition) is 42. The largest absolute Gasteiger partial charge is 0.394 e. The predicted octanol–water partition coefficient (Wildman–Crippen LogP) is -15.7. The fraction of sp³-hybridized carbons (Fsp3) is 0.891. The number of aryl methyl sites for hydroxylation is 1. The van der Waals surface area contributed by atoms with Gasteiger partial charge in [0.15, 0.2) is 50.3 Å². The highest BCUT2D eigenvalue weighted by molar-refractivity contribution is 7.86. The number of rotatable bonds is 11. The van der Waals surface area contributed by atoms with E-state index in [1.165, 1.54) is 24.3 Å². The molecule has 0 amide bonds. The summed E-state index contributed by atoms with van der Waals surface area (Å²) in [7, 11) is -4.76. The molecule has 98 heavy (non-hydrogen) atoms. The van der Waals surface area contributed by atoms with Gasteiger partial charge < -0.3 is 193 Å².